The van der Waals surface area contributed by atoms with Crippen LogP contribution in [0.2, 0.25) is 0 Å². The van der Waals surface area contributed by atoms with Crippen molar-refractivity contribution in [3.63, 3.8) is 0 Å². The number of alkyl halides is 1. The number of hydrogen-bond acceptors (Lipinski definition) is 0. The number of benzene rings is 1. The summed E-state index contributed by atoms with van der Waals surface area (Å²) in [6, 6.07) is 8.90. The topological polar surface area (TPSA) is 0 Å². The summed E-state index contributed by atoms with van der Waals surface area (Å²) in [5.74, 6) is 0.988. The second kappa shape index (κ2) is 5.67. The lowest BCUT2D eigenvalue weighted by atomic mass is 10.1. The van der Waals surface area contributed by atoms with Crippen LogP contribution in [0.1, 0.15) is 31.2 Å². The van der Waals surface area contributed by atoms with Crippen LogP contribution < -0.4 is 0 Å². The fraction of sp³-hybridized carbons (Fsp3) is 0.538. The first-order valence-electron chi connectivity index (χ1n) is 5.64. The maximum atomic E-state index is 3.79. The van der Waals surface area contributed by atoms with Crippen LogP contribution in [0, 0.1) is 9.49 Å². The molecule has 1 fully saturated rings. The Kier molecular flexibility index (Phi) is 4.50. The van der Waals surface area contributed by atoms with E-state index in [9.17, 15) is 0 Å². The van der Waals surface area contributed by atoms with Gasteiger partial charge >= 0.3 is 0 Å². The Bertz CT molecular complexity index is 303. The van der Waals surface area contributed by atoms with Gasteiger partial charge in [-0.05, 0) is 78.3 Å². The van der Waals surface area contributed by atoms with E-state index in [4.69, 9.17) is 0 Å². The Labute approximate surface area is 114 Å². The van der Waals surface area contributed by atoms with Gasteiger partial charge in [-0.3, -0.25) is 0 Å². The lowest BCUT2D eigenvalue weighted by molar-refractivity contribution is 0.654. The van der Waals surface area contributed by atoms with Gasteiger partial charge in [-0.25, -0.2) is 0 Å². The van der Waals surface area contributed by atoms with Crippen molar-refractivity contribution in [1.29, 1.82) is 0 Å². The van der Waals surface area contributed by atoms with Gasteiger partial charge in [-0.1, -0.05) is 28.1 Å². The third-order valence-electron chi connectivity index (χ3n) is 2.99. The van der Waals surface area contributed by atoms with Gasteiger partial charge in [0.05, 0.1) is 0 Å². The zero-order chi connectivity index (χ0) is 10.7. The summed E-state index contributed by atoms with van der Waals surface area (Å²) in [5, 5.41) is 0. The van der Waals surface area contributed by atoms with Crippen molar-refractivity contribution in [3.05, 3.63) is 33.4 Å². The average molecular weight is 379 g/mol. The maximum Gasteiger partial charge on any atom is 0.0174 e. The molecule has 82 valence electrons. The second-order valence-corrected chi connectivity index (χ2v) is 6.79. The summed E-state index contributed by atoms with van der Waals surface area (Å²) in [5.41, 5.74) is 1.48. The molecule has 1 atom stereocenters. The lowest BCUT2D eigenvalue weighted by Gasteiger charge is -2.07. The highest BCUT2D eigenvalue weighted by Crippen LogP contribution is 2.38. The molecule has 0 saturated heterocycles. The van der Waals surface area contributed by atoms with Gasteiger partial charge in [-0.15, -0.1) is 0 Å². The summed E-state index contributed by atoms with van der Waals surface area (Å²) < 4.78 is 1.33. The minimum Gasteiger partial charge on any atom is -0.0888 e. The molecule has 1 saturated carbocycles. The van der Waals surface area contributed by atoms with E-state index in [1.165, 1.54) is 41.2 Å². The maximum absolute atomic E-state index is 3.79. The number of rotatable bonds is 5. The van der Waals surface area contributed by atoms with E-state index in [-0.39, 0.29) is 0 Å². The predicted octanol–water partition coefficient (Wildman–Crippen LogP) is 4.79. The van der Waals surface area contributed by atoms with Gasteiger partial charge in [0.15, 0.2) is 0 Å². The highest BCUT2D eigenvalue weighted by molar-refractivity contribution is 14.1. The molecule has 2 rings (SSSR count). The van der Waals surface area contributed by atoms with Gasteiger partial charge in [0.25, 0.3) is 0 Å². The van der Waals surface area contributed by atoms with Crippen LogP contribution >= 0.6 is 38.5 Å². The Balaban J connectivity index is 1.70. The molecule has 0 aromatic heterocycles. The van der Waals surface area contributed by atoms with Crippen LogP contribution in [0.15, 0.2) is 24.3 Å². The monoisotopic (exact) mass is 378 g/mol. The standard InChI is InChI=1S/C13H16BrI/c14-13(11-6-7-11)3-1-2-10-4-8-12(15)9-5-10/h4-5,8-9,11,13H,1-3,6-7H2. The van der Waals surface area contributed by atoms with Gasteiger partial charge < -0.3 is 0 Å². The molecule has 15 heavy (non-hydrogen) atoms. The lowest BCUT2D eigenvalue weighted by Crippen LogP contribution is -2.00. The van der Waals surface area contributed by atoms with Crippen molar-refractivity contribution in [3.8, 4) is 0 Å². The van der Waals surface area contributed by atoms with Crippen molar-refractivity contribution >= 4 is 38.5 Å². The normalized spacial score (nSPS) is 17.7. The molecule has 0 amide bonds. The molecule has 1 aromatic carbocycles. The van der Waals surface area contributed by atoms with Gasteiger partial charge in [-0.2, -0.15) is 0 Å². The first-order chi connectivity index (χ1) is 7.25. The van der Waals surface area contributed by atoms with Crippen LogP contribution in [0.3, 0.4) is 0 Å². The van der Waals surface area contributed by atoms with E-state index in [1.807, 2.05) is 0 Å². The SMILES string of the molecule is BrC(CCCc1ccc(I)cc1)C1CC1. The minimum atomic E-state index is 0.779. The van der Waals surface area contributed by atoms with Crippen molar-refractivity contribution in [2.24, 2.45) is 5.92 Å². The Morgan fingerprint density at radius 1 is 1.27 bits per heavy atom. The predicted molar refractivity (Wildman–Crippen MR) is 77.5 cm³/mol. The van der Waals surface area contributed by atoms with Gasteiger partial charge in [0, 0.05) is 8.40 Å². The summed E-state index contributed by atoms with van der Waals surface area (Å²) in [4.78, 5) is 0.779. The van der Waals surface area contributed by atoms with E-state index < -0.39 is 0 Å². The van der Waals surface area contributed by atoms with Crippen molar-refractivity contribution in [2.75, 3.05) is 0 Å². The van der Waals surface area contributed by atoms with Crippen LogP contribution in [0.5, 0.6) is 0 Å². The van der Waals surface area contributed by atoms with Gasteiger partial charge in [0.1, 0.15) is 0 Å². The van der Waals surface area contributed by atoms with E-state index in [0.29, 0.717) is 0 Å². The van der Waals surface area contributed by atoms with E-state index in [0.717, 1.165) is 10.7 Å². The van der Waals surface area contributed by atoms with Crippen LogP contribution in [-0.2, 0) is 6.42 Å². The van der Waals surface area contributed by atoms with Crippen molar-refractivity contribution < 1.29 is 0 Å². The molecule has 0 heterocycles. The first-order valence-corrected chi connectivity index (χ1v) is 7.63. The largest absolute Gasteiger partial charge is 0.0888 e. The second-order valence-electron chi connectivity index (χ2n) is 4.37. The molecule has 0 spiro atoms. The van der Waals surface area contributed by atoms with E-state index in [2.05, 4.69) is 62.8 Å². The molecule has 1 aromatic rings. The molecular formula is C13H16BrI. The summed E-state index contributed by atoms with van der Waals surface area (Å²) in [6.45, 7) is 0. The van der Waals surface area contributed by atoms with Crippen molar-refractivity contribution in [2.45, 2.75) is 36.9 Å². The zero-order valence-electron chi connectivity index (χ0n) is 8.76. The molecule has 0 nitrogen and oxygen atoms in total. The minimum absolute atomic E-state index is 0.779. The van der Waals surface area contributed by atoms with E-state index in [1.54, 1.807) is 0 Å². The molecule has 0 radical (unpaired) electrons. The molecule has 1 aliphatic carbocycles. The molecule has 2 heteroatoms. The molecule has 0 bridgehead atoms. The summed E-state index contributed by atoms with van der Waals surface area (Å²) >= 11 is 6.14. The summed E-state index contributed by atoms with van der Waals surface area (Å²) in [6.07, 6.45) is 6.76. The molecule has 1 aliphatic rings. The zero-order valence-corrected chi connectivity index (χ0v) is 12.5. The summed E-state index contributed by atoms with van der Waals surface area (Å²) in [7, 11) is 0. The number of hydrogen-bond donors (Lipinski definition) is 0. The highest BCUT2D eigenvalue weighted by Gasteiger charge is 2.28. The third-order valence-corrected chi connectivity index (χ3v) is 4.92. The van der Waals surface area contributed by atoms with Crippen LogP contribution in [0.25, 0.3) is 0 Å². The third kappa shape index (κ3) is 4.06. The van der Waals surface area contributed by atoms with Crippen LogP contribution in [0.4, 0.5) is 0 Å². The molecular weight excluding hydrogens is 363 g/mol. The van der Waals surface area contributed by atoms with E-state index >= 15 is 0 Å². The van der Waals surface area contributed by atoms with Crippen LogP contribution in [-0.4, -0.2) is 4.83 Å². The smallest absolute Gasteiger partial charge is 0.0174 e. The molecule has 0 aliphatic heterocycles. The molecule has 0 N–H and O–H groups in total. The average Bonchev–Trinajstić information content (AvgIpc) is 3.04. The first kappa shape index (κ1) is 11.9. The number of aryl methyl sites for hydroxylation is 1. The Morgan fingerprint density at radius 3 is 2.53 bits per heavy atom. The Hall–Kier alpha value is 0.430. The quantitative estimate of drug-likeness (QED) is 0.510. The number of halogens is 2. The fourth-order valence-electron chi connectivity index (χ4n) is 1.85. The fourth-order valence-corrected chi connectivity index (χ4v) is 3.06. The Morgan fingerprint density at radius 2 is 1.93 bits per heavy atom. The molecule has 1 unspecified atom stereocenters. The van der Waals surface area contributed by atoms with Gasteiger partial charge in [0.2, 0.25) is 0 Å². The van der Waals surface area contributed by atoms with Crippen molar-refractivity contribution in [1.82, 2.24) is 0 Å². The highest BCUT2D eigenvalue weighted by atomic mass is 127.